The van der Waals surface area contributed by atoms with Gasteiger partial charge in [-0.05, 0) is 188 Å². The van der Waals surface area contributed by atoms with Crippen LogP contribution in [-0.2, 0) is 4.74 Å². The summed E-state index contributed by atoms with van der Waals surface area (Å²) in [6, 6.07) is 5.02. The molecular weight excluding hydrogens is 649 g/mol. The molecule has 0 amide bonds. The molecule has 0 aromatic heterocycles. The van der Waals surface area contributed by atoms with Gasteiger partial charge < -0.3 is 16.2 Å². The summed E-state index contributed by atoms with van der Waals surface area (Å²) in [6.45, 7) is 27.7. The zero-order chi connectivity index (χ0) is 39.5. The van der Waals surface area contributed by atoms with Crippen LogP contribution in [0, 0.1) is 58.2 Å². The third-order valence-electron chi connectivity index (χ3n) is 15.1. The Morgan fingerprint density at radius 1 is 0.792 bits per heavy atom. The summed E-state index contributed by atoms with van der Waals surface area (Å²) in [4.78, 5) is 12.9. The molecule has 5 rings (SSSR count). The normalized spacial score (nSPS) is 31.7. The van der Waals surface area contributed by atoms with Crippen molar-refractivity contribution < 1.29 is 9.53 Å². The summed E-state index contributed by atoms with van der Waals surface area (Å²) in [7, 11) is 0. The summed E-state index contributed by atoms with van der Waals surface area (Å²) in [5.41, 5.74) is 17.1. The van der Waals surface area contributed by atoms with Gasteiger partial charge in [-0.1, -0.05) is 91.5 Å². The number of benzene rings is 1. The predicted molar refractivity (Wildman–Crippen MR) is 231 cm³/mol. The van der Waals surface area contributed by atoms with Crippen molar-refractivity contribution in [3.05, 3.63) is 47.1 Å². The molecule has 0 bridgehead atoms. The fourth-order valence-electron chi connectivity index (χ4n) is 11.7. The minimum Gasteiger partial charge on any atom is -0.459 e. The SMILES string of the molecule is CC.CC(C)=CCCC(C)C1CCC2C3CCC4CC(OC(=O)c5cc(N)cc(N)c5)CCC4(C)C3CCC12C.CCC(C)C(C)CCCC=C(C)C. The van der Waals surface area contributed by atoms with E-state index >= 15 is 0 Å². The number of fused-ring (bicyclic) bond motifs is 5. The van der Waals surface area contributed by atoms with Crippen LogP contribution >= 0.6 is 0 Å². The Bertz CT molecular complexity index is 1320. The van der Waals surface area contributed by atoms with Gasteiger partial charge in [0, 0.05) is 11.4 Å². The molecule has 11 unspecified atom stereocenters. The second kappa shape index (κ2) is 20.6. The van der Waals surface area contributed by atoms with E-state index in [0.717, 1.165) is 54.3 Å². The highest BCUT2D eigenvalue weighted by Gasteiger charge is 2.60. The van der Waals surface area contributed by atoms with E-state index in [1.54, 1.807) is 18.2 Å². The van der Waals surface area contributed by atoms with Crippen LogP contribution in [0.2, 0.25) is 0 Å². The molecule has 0 heterocycles. The number of carbonyl (C=O) groups is 1. The molecular formula is C49H84N2O2. The van der Waals surface area contributed by atoms with Crippen LogP contribution in [0.1, 0.15) is 190 Å². The Balaban J connectivity index is 0.000000429. The van der Waals surface area contributed by atoms with Gasteiger partial charge in [0.15, 0.2) is 0 Å². The molecule has 4 aliphatic rings. The maximum Gasteiger partial charge on any atom is 0.338 e. The standard InChI is InChI=1S/C34H52N2O2.C13H26.C2H6/c1-21(2)7-6-8-22(3)29-11-12-30-28-10-9-24-19-27(38-32(37)23-17-25(35)20-26(36)18-23)13-15-33(24,4)31(28)14-16-34(29,30)5;1-6-12(4)13(5)10-8-7-9-11(2)3;1-2/h7,17-18,20,22,24,27-31H,6,8-16,19,35-36H2,1-5H3;9,12-13H,6-8,10H2,1-5H3;1-2H3. The third kappa shape index (κ3) is 11.6. The van der Waals surface area contributed by atoms with Crippen molar-refractivity contribution >= 4 is 17.3 Å². The summed E-state index contributed by atoms with van der Waals surface area (Å²) in [5, 5.41) is 0. The van der Waals surface area contributed by atoms with E-state index in [4.69, 9.17) is 16.2 Å². The van der Waals surface area contributed by atoms with Crippen molar-refractivity contribution in [2.75, 3.05) is 11.5 Å². The second-order valence-corrected chi connectivity index (χ2v) is 19.0. The smallest absolute Gasteiger partial charge is 0.338 e. The van der Waals surface area contributed by atoms with Gasteiger partial charge in [0.2, 0.25) is 0 Å². The molecule has 11 atom stereocenters. The lowest BCUT2D eigenvalue weighted by molar-refractivity contribution is -0.130. The lowest BCUT2D eigenvalue weighted by Gasteiger charge is -2.61. The number of unbranched alkanes of at least 4 members (excludes halogenated alkanes) is 1. The number of esters is 1. The van der Waals surface area contributed by atoms with Crippen LogP contribution < -0.4 is 11.5 Å². The highest BCUT2D eigenvalue weighted by molar-refractivity contribution is 5.91. The van der Waals surface area contributed by atoms with Crippen molar-refractivity contribution in [3.63, 3.8) is 0 Å². The van der Waals surface area contributed by atoms with Crippen LogP contribution in [-0.4, -0.2) is 12.1 Å². The summed E-state index contributed by atoms with van der Waals surface area (Å²) < 4.78 is 6.04. The molecule has 4 N–H and O–H groups in total. The zero-order valence-electron chi connectivity index (χ0n) is 36.7. The Labute approximate surface area is 328 Å². The maximum absolute atomic E-state index is 12.9. The fourth-order valence-corrected chi connectivity index (χ4v) is 11.7. The Morgan fingerprint density at radius 2 is 1.40 bits per heavy atom. The largest absolute Gasteiger partial charge is 0.459 e. The molecule has 53 heavy (non-hydrogen) atoms. The third-order valence-corrected chi connectivity index (χ3v) is 15.1. The molecule has 1 aromatic rings. The Hall–Kier alpha value is -2.23. The lowest BCUT2D eigenvalue weighted by Crippen LogP contribution is -2.54. The first-order chi connectivity index (χ1) is 25.1. The number of carbonyl (C=O) groups excluding carboxylic acids is 1. The quantitative estimate of drug-likeness (QED) is 0.0970. The summed E-state index contributed by atoms with van der Waals surface area (Å²) in [6.07, 6.45) is 24.2. The van der Waals surface area contributed by atoms with Gasteiger partial charge in [0.1, 0.15) is 6.10 Å². The van der Waals surface area contributed by atoms with Crippen LogP contribution in [0.3, 0.4) is 0 Å². The topological polar surface area (TPSA) is 78.3 Å². The first-order valence-electron chi connectivity index (χ1n) is 22.2. The lowest BCUT2D eigenvalue weighted by atomic mass is 9.44. The number of hydrogen-bond donors (Lipinski definition) is 2. The number of allylic oxidation sites excluding steroid dienone is 4. The number of rotatable bonds is 12. The number of nitrogens with two attached hydrogens (primary N) is 2. The van der Waals surface area contributed by atoms with E-state index in [9.17, 15) is 4.79 Å². The highest BCUT2D eigenvalue weighted by Crippen LogP contribution is 2.68. The molecule has 4 heteroatoms. The minimum absolute atomic E-state index is 0.00570. The van der Waals surface area contributed by atoms with Crippen LogP contribution in [0.4, 0.5) is 11.4 Å². The van der Waals surface area contributed by atoms with E-state index in [1.807, 2.05) is 13.8 Å². The molecule has 4 fully saturated rings. The van der Waals surface area contributed by atoms with Crippen molar-refractivity contribution in [3.8, 4) is 0 Å². The van der Waals surface area contributed by atoms with E-state index in [2.05, 4.69) is 81.4 Å². The fraction of sp³-hybridized carbons (Fsp3) is 0.776. The summed E-state index contributed by atoms with van der Waals surface area (Å²) >= 11 is 0. The van der Waals surface area contributed by atoms with Gasteiger partial charge in [0.05, 0.1) is 5.56 Å². The van der Waals surface area contributed by atoms with Gasteiger partial charge in [-0.2, -0.15) is 0 Å². The average molecular weight is 733 g/mol. The van der Waals surface area contributed by atoms with Crippen molar-refractivity contribution in [1.82, 2.24) is 0 Å². The van der Waals surface area contributed by atoms with Gasteiger partial charge >= 0.3 is 5.97 Å². The molecule has 4 aliphatic carbocycles. The van der Waals surface area contributed by atoms with Gasteiger partial charge in [0.25, 0.3) is 0 Å². The number of hydrogen-bond acceptors (Lipinski definition) is 4. The van der Waals surface area contributed by atoms with E-state index in [1.165, 1.54) is 94.6 Å². The number of anilines is 2. The van der Waals surface area contributed by atoms with Crippen LogP contribution in [0.25, 0.3) is 0 Å². The molecule has 1 aromatic carbocycles. The Morgan fingerprint density at radius 3 is 2.02 bits per heavy atom. The Kier molecular flexibility index (Phi) is 17.6. The molecule has 0 spiro atoms. The van der Waals surface area contributed by atoms with Crippen LogP contribution in [0.15, 0.2) is 41.5 Å². The molecule has 0 saturated heterocycles. The first-order valence-corrected chi connectivity index (χ1v) is 22.2. The molecule has 302 valence electrons. The van der Waals surface area contributed by atoms with Crippen molar-refractivity contribution in [2.45, 2.75) is 186 Å². The van der Waals surface area contributed by atoms with Crippen LogP contribution in [0.5, 0.6) is 0 Å². The van der Waals surface area contributed by atoms with Crippen molar-refractivity contribution in [2.24, 2.45) is 58.2 Å². The monoisotopic (exact) mass is 733 g/mol. The van der Waals surface area contributed by atoms with E-state index in [-0.39, 0.29) is 12.1 Å². The molecule has 4 saturated carbocycles. The first kappa shape index (κ1) is 45.2. The minimum atomic E-state index is -0.282. The highest BCUT2D eigenvalue weighted by atomic mass is 16.5. The van der Waals surface area contributed by atoms with Gasteiger partial charge in [-0.15, -0.1) is 0 Å². The number of ether oxygens (including phenoxy) is 1. The molecule has 4 nitrogen and oxygen atoms in total. The zero-order valence-corrected chi connectivity index (χ0v) is 36.7. The van der Waals surface area contributed by atoms with Crippen molar-refractivity contribution in [1.29, 1.82) is 0 Å². The second-order valence-electron chi connectivity index (χ2n) is 19.0. The number of nitrogen functional groups attached to an aromatic ring is 2. The maximum atomic E-state index is 12.9. The van der Waals surface area contributed by atoms with Gasteiger partial charge in [-0.25, -0.2) is 4.79 Å². The molecule has 0 aliphatic heterocycles. The van der Waals surface area contributed by atoms with E-state index in [0.29, 0.717) is 33.7 Å². The summed E-state index contributed by atoms with van der Waals surface area (Å²) in [5.74, 6) is 6.51. The van der Waals surface area contributed by atoms with E-state index < -0.39 is 0 Å². The van der Waals surface area contributed by atoms with Gasteiger partial charge in [-0.3, -0.25) is 0 Å². The average Bonchev–Trinajstić information content (AvgIpc) is 3.47. The molecule has 0 radical (unpaired) electrons. The predicted octanol–water partition coefficient (Wildman–Crippen LogP) is 14.2.